The first-order valence-corrected chi connectivity index (χ1v) is 21.7. The van der Waals surface area contributed by atoms with Gasteiger partial charge in [-0.05, 0) is 91.7 Å². The number of para-hydroxylation sites is 4. The third-order valence-corrected chi connectivity index (χ3v) is 13.7. The summed E-state index contributed by atoms with van der Waals surface area (Å²) in [7, 11) is 0. The average Bonchev–Trinajstić information content (AvgIpc) is 4.07. The molecular formula is C56H39N5O. The Hall–Kier alpha value is -7.83. The number of anilines is 1. The molecule has 0 saturated carbocycles. The van der Waals surface area contributed by atoms with Crippen LogP contribution in [0.3, 0.4) is 0 Å². The van der Waals surface area contributed by atoms with E-state index in [0.29, 0.717) is 0 Å². The van der Waals surface area contributed by atoms with Crippen LogP contribution >= 0.6 is 0 Å². The second-order valence-electron chi connectivity index (χ2n) is 16.9. The van der Waals surface area contributed by atoms with Gasteiger partial charge in [0.1, 0.15) is 11.9 Å². The summed E-state index contributed by atoms with van der Waals surface area (Å²) < 4.78 is 14.0. The lowest BCUT2D eigenvalue weighted by atomic mass is 9.90. The lowest BCUT2D eigenvalue weighted by Gasteiger charge is -2.28. The fourth-order valence-electron chi connectivity index (χ4n) is 11.0. The molecule has 7 aromatic carbocycles. The van der Waals surface area contributed by atoms with Crippen molar-refractivity contribution >= 4 is 72.0 Å². The number of nitrogens with zero attached hydrogens (tertiary/aromatic N) is 4. The molecule has 1 N–H and O–H groups in total. The van der Waals surface area contributed by atoms with Crippen LogP contribution in [0.5, 0.6) is 5.75 Å². The molecule has 0 amide bonds. The quantitative estimate of drug-likeness (QED) is 0.193. The van der Waals surface area contributed by atoms with Crippen LogP contribution in [0.25, 0.3) is 72.0 Å². The maximum absolute atomic E-state index is 6.69. The van der Waals surface area contributed by atoms with Crippen LogP contribution in [-0.4, -0.2) is 25.5 Å². The van der Waals surface area contributed by atoms with Crippen molar-refractivity contribution in [2.45, 2.75) is 31.2 Å². The smallest absolute Gasteiger partial charge is 0.201 e. The number of hydrogen-bond acceptors (Lipinski definition) is 3. The summed E-state index contributed by atoms with van der Waals surface area (Å²) in [5.41, 5.74) is 16.3. The van der Waals surface area contributed by atoms with E-state index in [4.69, 9.17) is 9.73 Å². The molecule has 0 fully saturated rings. The van der Waals surface area contributed by atoms with Crippen LogP contribution in [-0.2, 0) is 6.42 Å². The van der Waals surface area contributed by atoms with Gasteiger partial charge < -0.3 is 23.8 Å². The highest BCUT2D eigenvalue weighted by molar-refractivity contribution is 6.20. The largest absolute Gasteiger partial charge is 0.485 e. The maximum Gasteiger partial charge on any atom is 0.201 e. The molecule has 3 atom stereocenters. The van der Waals surface area contributed by atoms with Gasteiger partial charge in [0, 0.05) is 77.9 Å². The average molecular weight is 798 g/mol. The van der Waals surface area contributed by atoms with Gasteiger partial charge >= 0.3 is 0 Å². The Labute approximate surface area is 357 Å². The number of aliphatic imine (C=N–C) groups is 1. The van der Waals surface area contributed by atoms with E-state index >= 15 is 0 Å². The predicted molar refractivity (Wildman–Crippen MR) is 255 cm³/mol. The van der Waals surface area contributed by atoms with Crippen molar-refractivity contribution in [3.63, 3.8) is 0 Å². The molecule has 0 radical (unpaired) electrons. The summed E-state index contributed by atoms with van der Waals surface area (Å²) in [5.74, 6) is 1.03. The number of hydrogen-bond donors (Lipinski definition) is 1. The van der Waals surface area contributed by atoms with Crippen LogP contribution < -0.4 is 10.1 Å². The molecule has 62 heavy (non-hydrogen) atoms. The van der Waals surface area contributed by atoms with Crippen molar-refractivity contribution in [2.75, 3.05) is 5.32 Å². The molecular weight excluding hydrogens is 759 g/mol. The second kappa shape index (κ2) is 12.8. The van der Waals surface area contributed by atoms with E-state index in [0.717, 1.165) is 57.8 Å². The first kappa shape index (κ1) is 33.9. The zero-order valence-corrected chi connectivity index (χ0v) is 33.7. The van der Waals surface area contributed by atoms with Gasteiger partial charge in [-0.3, -0.25) is 0 Å². The van der Waals surface area contributed by atoms with Gasteiger partial charge in [-0.25, -0.2) is 4.99 Å². The van der Waals surface area contributed by atoms with Gasteiger partial charge in [0.15, 0.2) is 0 Å². The summed E-state index contributed by atoms with van der Waals surface area (Å²) >= 11 is 0. The van der Waals surface area contributed by atoms with E-state index in [1.165, 1.54) is 66.0 Å². The molecule has 0 spiro atoms. The minimum atomic E-state index is -0.439. The number of benzene rings is 7. The molecule has 10 aromatic rings. The highest BCUT2D eigenvalue weighted by atomic mass is 16.5. The van der Waals surface area contributed by atoms with E-state index in [-0.39, 0.29) is 12.0 Å². The Morgan fingerprint density at radius 1 is 0.597 bits per heavy atom. The normalized spacial score (nSPS) is 18.5. The van der Waals surface area contributed by atoms with Gasteiger partial charge in [-0.1, -0.05) is 109 Å². The molecule has 4 aliphatic rings. The summed E-state index contributed by atoms with van der Waals surface area (Å²) in [6, 6.07) is 55.2. The van der Waals surface area contributed by atoms with Gasteiger partial charge in [0.05, 0.1) is 33.3 Å². The summed E-state index contributed by atoms with van der Waals surface area (Å²) in [5, 5.41) is 10.1. The number of fused-ring (bicyclic) bond motifs is 14. The van der Waals surface area contributed by atoms with E-state index in [1.807, 2.05) is 0 Å². The van der Waals surface area contributed by atoms with Crippen molar-refractivity contribution in [1.82, 2.24) is 13.7 Å². The molecule has 3 unspecified atom stereocenters. The molecule has 3 aromatic heterocycles. The molecule has 0 bridgehead atoms. The summed E-state index contributed by atoms with van der Waals surface area (Å²) in [6.07, 6.45) is 14.9. The molecule has 6 nitrogen and oxygen atoms in total. The van der Waals surface area contributed by atoms with Gasteiger partial charge in [-0.2, -0.15) is 0 Å². The van der Waals surface area contributed by atoms with Crippen molar-refractivity contribution in [3.8, 4) is 17.1 Å². The zero-order chi connectivity index (χ0) is 40.5. The Morgan fingerprint density at radius 3 is 2.27 bits per heavy atom. The monoisotopic (exact) mass is 797 g/mol. The van der Waals surface area contributed by atoms with Gasteiger partial charge in [0.25, 0.3) is 0 Å². The van der Waals surface area contributed by atoms with Gasteiger partial charge in [-0.15, -0.1) is 0 Å². The molecule has 2 aliphatic heterocycles. The molecule has 6 heteroatoms. The van der Waals surface area contributed by atoms with Crippen LogP contribution in [0.4, 0.5) is 5.69 Å². The van der Waals surface area contributed by atoms with Crippen molar-refractivity contribution in [1.29, 1.82) is 0 Å². The Morgan fingerprint density at radius 2 is 1.35 bits per heavy atom. The Kier molecular flexibility index (Phi) is 7.03. The molecule has 14 rings (SSSR count). The topological polar surface area (TPSA) is 48.4 Å². The first-order valence-electron chi connectivity index (χ1n) is 21.7. The highest BCUT2D eigenvalue weighted by Crippen LogP contribution is 2.49. The van der Waals surface area contributed by atoms with Crippen molar-refractivity contribution in [3.05, 3.63) is 210 Å². The van der Waals surface area contributed by atoms with E-state index in [9.17, 15) is 0 Å². The number of ether oxygens (including phenoxy) is 1. The minimum absolute atomic E-state index is 0.0442. The number of aromatic nitrogens is 3. The molecule has 5 heterocycles. The number of nitrogens with one attached hydrogen (secondary N) is 1. The van der Waals surface area contributed by atoms with E-state index < -0.39 is 6.29 Å². The Bertz CT molecular complexity index is 3670. The maximum atomic E-state index is 6.69. The van der Waals surface area contributed by atoms with Crippen molar-refractivity contribution in [2.24, 2.45) is 4.99 Å². The Balaban J connectivity index is 1.01. The van der Waals surface area contributed by atoms with Crippen LogP contribution in [0, 0.1) is 0 Å². The van der Waals surface area contributed by atoms with Crippen LogP contribution in [0.15, 0.2) is 187 Å². The van der Waals surface area contributed by atoms with Crippen LogP contribution in [0.1, 0.15) is 46.6 Å². The standard InChI is InChI=1S/C56H39N5O/c1-2-14-35(15-3-1)59-48-24-12-7-18-39(48)43-32-34(26-29-49(43)59)54-41-19-4-9-21-45(41)57-56(58-54)61-50-30-27-36(60-46-22-10-5-16-37(46)38-17-6-11-23-47(38)60)33-44(50)40-28-31-52-53(55(40)61)42-20-8-13-25-51(42)62-52/h1-10,12-22,24-33,42,51,56-57H,11,23H2. The highest BCUT2D eigenvalue weighted by Gasteiger charge is 2.37. The third-order valence-electron chi connectivity index (χ3n) is 13.7. The summed E-state index contributed by atoms with van der Waals surface area (Å²) in [6.45, 7) is 0. The van der Waals surface area contributed by atoms with Crippen LogP contribution in [0.2, 0.25) is 0 Å². The van der Waals surface area contributed by atoms with E-state index in [1.54, 1.807) is 0 Å². The SMILES string of the molecule is C1=CC2Oc3ccc4c5cc(-n6c7c(c8ccccc86)C=CCC7)ccc5n(C5N=C(c6ccc7c(c6)c6ccccc6n7-c6ccccc6)c6ccccc6N5)c4c3C2C=C1. The number of allylic oxidation sites excluding steroid dienone is 3. The predicted octanol–water partition coefficient (Wildman–Crippen LogP) is 13.2. The lowest BCUT2D eigenvalue weighted by Crippen LogP contribution is -2.25. The van der Waals surface area contributed by atoms with E-state index in [2.05, 4.69) is 207 Å². The zero-order valence-electron chi connectivity index (χ0n) is 33.7. The molecule has 0 saturated heterocycles. The molecule has 2 aliphatic carbocycles. The fourth-order valence-corrected chi connectivity index (χ4v) is 11.0. The fraction of sp³-hybridized carbons (Fsp3) is 0.0893. The van der Waals surface area contributed by atoms with Crippen molar-refractivity contribution < 1.29 is 4.74 Å². The lowest BCUT2D eigenvalue weighted by molar-refractivity contribution is 0.269. The second-order valence-corrected chi connectivity index (χ2v) is 16.9. The first-order chi connectivity index (χ1) is 30.8. The molecule has 294 valence electrons. The summed E-state index contributed by atoms with van der Waals surface area (Å²) in [4.78, 5) is 5.76. The third kappa shape index (κ3) is 4.72. The minimum Gasteiger partial charge on any atom is -0.485 e. The number of rotatable bonds is 4. The van der Waals surface area contributed by atoms with Gasteiger partial charge in [0.2, 0.25) is 6.29 Å².